The first-order valence-electron chi connectivity index (χ1n) is 11.1. The van der Waals surface area contributed by atoms with Gasteiger partial charge in [-0.3, -0.25) is 24.4 Å². The summed E-state index contributed by atoms with van der Waals surface area (Å²) in [7, 11) is 3.17. The van der Waals surface area contributed by atoms with Crippen LogP contribution in [0, 0.1) is 11.3 Å². The Morgan fingerprint density at radius 3 is 1.81 bits per heavy atom. The van der Waals surface area contributed by atoms with Crippen molar-refractivity contribution in [2.45, 2.75) is 13.3 Å². The van der Waals surface area contributed by atoms with Gasteiger partial charge in [-0.25, -0.2) is 4.79 Å². The summed E-state index contributed by atoms with van der Waals surface area (Å²) in [5, 5.41) is 12.5. The molecule has 4 aromatic rings. The van der Waals surface area contributed by atoms with E-state index in [1.54, 1.807) is 59.8 Å². The number of nitrogens with two attached hydrogens (primary N) is 2. The number of rotatable bonds is 4. The molecule has 0 aromatic carbocycles. The smallest absolute Gasteiger partial charge is 0.337 e. The number of hydrogen-bond donors (Lipinski definition) is 2. The van der Waals surface area contributed by atoms with E-state index in [2.05, 4.69) is 24.8 Å². The number of carbonyl (C=O) groups excluding carboxylic acids is 2. The molecule has 0 aliphatic heterocycles. The summed E-state index contributed by atoms with van der Waals surface area (Å²) in [5.41, 5.74) is 13.5. The first-order valence-corrected chi connectivity index (χ1v) is 11.1. The Bertz CT molecular complexity index is 1220. The number of esters is 1. The maximum Gasteiger partial charge on any atom is 0.337 e. The molecular weight excluding hydrogens is 472 g/mol. The average Bonchev–Trinajstić information content (AvgIpc) is 3.29. The van der Waals surface area contributed by atoms with Gasteiger partial charge in [0.15, 0.2) is 5.78 Å². The molecule has 0 bridgehead atoms. The van der Waals surface area contributed by atoms with Crippen molar-refractivity contribution in [2.24, 2.45) is 12.8 Å². The Labute approximate surface area is 215 Å². The normalized spacial score (nSPS) is 9.05. The summed E-state index contributed by atoms with van der Waals surface area (Å²) < 4.78 is 6.12. The molecule has 0 saturated carbocycles. The van der Waals surface area contributed by atoms with Crippen LogP contribution in [0.5, 0.6) is 0 Å². The minimum Gasteiger partial charge on any atom is -0.465 e. The number of pyridine rings is 3. The molecule has 4 rings (SSSR count). The molecule has 4 aromatic heterocycles. The highest BCUT2D eigenvalue weighted by atomic mass is 16.5. The Morgan fingerprint density at radius 2 is 1.41 bits per heavy atom. The van der Waals surface area contributed by atoms with Gasteiger partial charge in [0.2, 0.25) is 0 Å². The summed E-state index contributed by atoms with van der Waals surface area (Å²) in [6.07, 6.45) is 9.57. The first kappa shape index (κ1) is 30.1. The van der Waals surface area contributed by atoms with E-state index in [9.17, 15) is 9.59 Å². The van der Waals surface area contributed by atoms with E-state index in [4.69, 9.17) is 16.7 Å². The Morgan fingerprint density at radius 1 is 0.946 bits per heavy atom. The fourth-order valence-corrected chi connectivity index (χ4v) is 2.46. The predicted molar refractivity (Wildman–Crippen MR) is 140 cm³/mol. The van der Waals surface area contributed by atoms with Gasteiger partial charge in [-0.2, -0.15) is 10.4 Å². The van der Waals surface area contributed by atoms with E-state index >= 15 is 0 Å². The van der Waals surface area contributed by atoms with Gasteiger partial charge in [0.05, 0.1) is 30.9 Å². The third-order valence-corrected chi connectivity index (χ3v) is 4.24. The van der Waals surface area contributed by atoms with Gasteiger partial charge in [0.25, 0.3) is 0 Å². The van der Waals surface area contributed by atoms with Crippen LogP contribution in [0.15, 0.2) is 79.6 Å². The number of nitriles is 1. The highest BCUT2D eigenvalue weighted by molar-refractivity contribution is 5.97. The van der Waals surface area contributed by atoms with Crippen molar-refractivity contribution in [1.82, 2.24) is 24.7 Å². The summed E-state index contributed by atoms with van der Waals surface area (Å²) in [6, 6.07) is 13.8. The number of anilines is 1. The topological polar surface area (TPSA) is 176 Å². The Balaban J connectivity index is 0.000000266. The van der Waals surface area contributed by atoms with Crippen molar-refractivity contribution in [3.63, 3.8) is 0 Å². The molecule has 0 aliphatic carbocycles. The van der Waals surface area contributed by atoms with Crippen LogP contribution in [0.1, 0.15) is 34.1 Å². The molecule has 37 heavy (non-hydrogen) atoms. The summed E-state index contributed by atoms with van der Waals surface area (Å²) in [5.74, 6) is 0.170. The lowest BCUT2D eigenvalue weighted by molar-refractivity contribution is 0.0600. The molecule has 0 amide bonds. The van der Waals surface area contributed by atoms with Crippen LogP contribution >= 0.6 is 0 Å². The quantitative estimate of drug-likeness (QED) is 0.311. The second-order valence-electron chi connectivity index (χ2n) is 6.94. The van der Waals surface area contributed by atoms with Crippen LogP contribution in [0.4, 0.5) is 5.82 Å². The van der Waals surface area contributed by atoms with E-state index in [0.29, 0.717) is 16.9 Å². The van der Waals surface area contributed by atoms with Crippen molar-refractivity contribution in [3.8, 4) is 17.3 Å². The lowest BCUT2D eigenvalue weighted by Gasteiger charge is -1.95. The van der Waals surface area contributed by atoms with Crippen molar-refractivity contribution >= 4 is 17.6 Å². The van der Waals surface area contributed by atoms with E-state index < -0.39 is 0 Å². The summed E-state index contributed by atoms with van der Waals surface area (Å²) >= 11 is 0. The van der Waals surface area contributed by atoms with Gasteiger partial charge < -0.3 is 16.2 Å². The van der Waals surface area contributed by atoms with Crippen LogP contribution < -0.4 is 11.5 Å². The number of hydrogen-bond acceptors (Lipinski definition) is 10. The van der Waals surface area contributed by atoms with Gasteiger partial charge in [0, 0.05) is 61.4 Å². The molecule has 0 unspecified atom stereocenters. The molecule has 0 atom stereocenters. The molecule has 4 N–H and O–H groups in total. The monoisotopic (exact) mass is 502 g/mol. The SMILES string of the molecule is CCN.COC(=O)c1ccncc1.Cn1nc(-c2ccncc2)cc1N.N#CCC(=O)c1ccncc1. The van der Waals surface area contributed by atoms with E-state index in [1.165, 1.54) is 19.5 Å². The summed E-state index contributed by atoms with van der Waals surface area (Å²) in [6.45, 7) is 2.65. The fourth-order valence-electron chi connectivity index (χ4n) is 2.46. The lowest BCUT2D eigenvalue weighted by Crippen LogP contribution is -2.00. The maximum atomic E-state index is 11.0. The van der Waals surface area contributed by atoms with Crippen LogP contribution in [0.3, 0.4) is 0 Å². The average molecular weight is 503 g/mol. The molecular formula is C26H30N8O3. The lowest BCUT2D eigenvalue weighted by atomic mass is 10.1. The molecule has 0 aliphatic rings. The minimum atomic E-state index is -0.331. The second kappa shape index (κ2) is 17.5. The third kappa shape index (κ3) is 11.3. The molecule has 0 radical (unpaired) electrons. The highest BCUT2D eigenvalue weighted by Gasteiger charge is 2.04. The van der Waals surface area contributed by atoms with Gasteiger partial charge in [0.1, 0.15) is 5.82 Å². The number of methoxy groups -OCH3 is 1. The number of nitrogen functional groups attached to an aromatic ring is 1. The molecule has 192 valence electrons. The van der Waals surface area contributed by atoms with E-state index in [-0.39, 0.29) is 18.2 Å². The van der Waals surface area contributed by atoms with E-state index in [1.807, 2.05) is 32.2 Å². The molecule has 0 spiro atoms. The molecule has 4 heterocycles. The second-order valence-corrected chi connectivity index (χ2v) is 6.94. The molecule has 0 fully saturated rings. The number of nitrogens with zero attached hydrogens (tertiary/aromatic N) is 6. The number of Topliss-reactive ketones (excluding diaryl/α,β-unsaturated/α-hetero) is 1. The van der Waals surface area contributed by atoms with Crippen LogP contribution in [0.2, 0.25) is 0 Å². The van der Waals surface area contributed by atoms with Crippen molar-refractivity contribution in [2.75, 3.05) is 19.4 Å². The van der Waals surface area contributed by atoms with Crippen LogP contribution in [-0.4, -0.2) is 50.1 Å². The zero-order valence-electron chi connectivity index (χ0n) is 21.0. The predicted octanol–water partition coefficient (Wildman–Crippen LogP) is 3.08. The zero-order valence-corrected chi connectivity index (χ0v) is 21.0. The number of aryl methyl sites for hydroxylation is 1. The van der Waals surface area contributed by atoms with Gasteiger partial charge in [-0.05, 0) is 42.9 Å². The standard InChI is InChI=1S/C9H10N4.C8H6N2O.C7H7NO2.C2H7N/c1-13-9(10)6-8(12-13)7-2-4-11-5-3-7;9-4-1-8(11)7-2-5-10-6-3-7;1-10-7(9)6-2-4-8-5-3-6;1-2-3/h2-6H,10H2,1H3;2-3,5-6H,1H2;2-5H,1H3;2-3H2,1H3. The van der Waals surface area contributed by atoms with Crippen molar-refractivity contribution in [1.29, 1.82) is 5.26 Å². The van der Waals surface area contributed by atoms with Gasteiger partial charge in [-0.15, -0.1) is 0 Å². The largest absolute Gasteiger partial charge is 0.465 e. The van der Waals surface area contributed by atoms with Crippen molar-refractivity contribution < 1.29 is 14.3 Å². The fraction of sp³-hybridized carbons (Fsp3) is 0.192. The Hall–Kier alpha value is -4.95. The number of aromatic nitrogens is 5. The third-order valence-electron chi connectivity index (χ3n) is 4.24. The van der Waals surface area contributed by atoms with Gasteiger partial charge >= 0.3 is 5.97 Å². The summed E-state index contributed by atoms with van der Waals surface area (Å²) in [4.78, 5) is 33.2. The highest BCUT2D eigenvalue weighted by Crippen LogP contribution is 2.18. The number of ether oxygens (including phenoxy) is 1. The van der Waals surface area contributed by atoms with E-state index in [0.717, 1.165) is 17.8 Å². The van der Waals surface area contributed by atoms with Crippen LogP contribution in [-0.2, 0) is 11.8 Å². The minimum absolute atomic E-state index is 0.0655. The number of carbonyl (C=O) groups is 2. The number of ketones is 1. The zero-order chi connectivity index (χ0) is 27.5. The first-order chi connectivity index (χ1) is 17.9. The molecule has 0 saturated heterocycles. The van der Waals surface area contributed by atoms with Crippen LogP contribution in [0.25, 0.3) is 11.3 Å². The molecule has 11 heteroatoms. The van der Waals surface area contributed by atoms with Gasteiger partial charge in [-0.1, -0.05) is 6.92 Å². The van der Waals surface area contributed by atoms with Crippen molar-refractivity contribution in [3.05, 3.63) is 90.8 Å². The Kier molecular flexibility index (Phi) is 14.2. The maximum absolute atomic E-state index is 11.0. The molecule has 11 nitrogen and oxygen atoms in total.